The number of nitrogens with zero attached hydrogens (tertiary/aromatic N) is 6. The van der Waals surface area contributed by atoms with Crippen LogP contribution in [-0.4, -0.2) is 101 Å². The Balaban J connectivity index is 0.861. The Morgan fingerprint density at radius 1 is 1.01 bits per heavy atom. The predicted octanol–water partition coefficient (Wildman–Crippen LogP) is 8.92. The van der Waals surface area contributed by atoms with Gasteiger partial charge in [0.2, 0.25) is 23.6 Å². The minimum absolute atomic E-state index is 0.0701. The van der Waals surface area contributed by atoms with Crippen molar-refractivity contribution in [1.29, 1.82) is 5.26 Å². The number of unbranched alkanes of at least 4 members (excludes halogenated alkanes) is 2. The Kier molecular flexibility index (Phi) is 18.4. The van der Waals surface area contributed by atoms with Gasteiger partial charge in [-0.2, -0.15) is 18.4 Å². The Morgan fingerprint density at radius 2 is 1.71 bits per heavy atom. The summed E-state index contributed by atoms with van der Waals surface area (Å²) in [6, 6.07) is 10.9. The molecule has 2 aromatic carbocycles. The molecule has 15 nitrogen and oxygen atoms in total. The Morgan fingerprint density at radius 3 is 2.36 bits per heavy atom. The number of anilines is 2. The number of likely N-dealkylation sites (tertiary alicyclic amines) is 1. The number of pyridine rings is 1. The first kappa shape index (κ1) is 55.5. The number of carbonyl (C=O) groups excluding carboxylic acids is 4. The normalized spacial score (nSPS) is 16.2. The number of thiocarbonyl (C=S) groups is 1. The van der Waals surface area contributed by atoms with E-state index in [0.29, 0.717) is 56.9 Å². The standard InChI is InChI=1S/C50H57ClF4N8O7S2/c1-30-41(72-29-59-30)32-15-13-31(14-16-32)26-57-43(65)37-12-10-19-61(37)45(66)42(48(2,3)4)60-38(64)28-69-22-11-21-68-20-8-7-9-23-70-44-35(51)24-34(27-58-44)63-47(71)62(46(67)49(63,5)6)36-18-17-33(25-56)39(40(36)52)50(53,54)55/h13-18,24,27,29,37,42H,7-12,19-23,26,28H2,1-6H3,(H,57,65)(H,60,64)/t37-,42+/m0/s1. The van der Waals surface area contributed by atoms with Gasteiger partial charge in [0.1, 0.15) is 34.8 Å². The molecule has 0 aliphatic carbocycles. The molecule has 2 N–H and O–H groups in total. The second-order valence-corrected chi connectivity index (χ2v) is 20.5. The molecule has 2 aliphatic heterocycles. The molecular formula is C50H57ClF4N8O7S2. The van der Waals surface area contributed by atoms with Gasteiger partial charge in [-0.15, -0.1) is 11.3 Å². The van der Waals surface area contributed by atoms with E-state index in [-0.39, 0.29) is 53.3 Å². The zero-order valence-corrected chi connectivity index (χ0v) is 43.2. The first-order valence-corrected chi connectivity index (χ1v) is 25.0. The number of amides is 4. The van der Waals surface area contributed by atoms with Gasteiger partial charge >= 0.3 is 6.18 Å². The summed E-state index contributed by atoms with van der Waals surface area (Å²) >= 11 is 13.6. The van der Waals surface area contributed by atoms with E-state index in [2.05, 4.69) is 20.6 Å². The Hall–Kier alpha value is -5.79. The number of nitriles is 1. The molecule has 4 amide bonds. The summed E-state index contributed by atoms with van der Waals surface area (Å²) in [5, 5.41) is 14.8. The van der Waals surface area contributed by atoms with Crippen LogP contribution in [0.1, 0.15) is 95.5 Å². The minimum Gasteiger partial charge on any atom is -0.477 e. The number of thiazole rings is 1. The molecule has 0 spiro atoms. The van der Waals surface area contributed by atoms with Gasteiger partial charge in [0.05, 0.1) is 51.9 Å². The lowest BCUT2D eigenvalue weighted by molar-refractivity contribution is -0.144. The average molecular weight is 1060 g/mol. The predicted molar refractivity (Wildman–Crippen MR) is 268 cm³/mol. The highest BCUT2D eigenvalue weighted by Crippen LogP contribution is 2.43. The number of alkyl halides is 3. The zero-order valence-electron chi connectivity index (χ0n) is 40.8. The van der Waals surface area contributed by atoms with Gasteiger partial charge in [-0.1, -0.05) is 56.6 Å². The summed E-state index contributed by atoms with van der Waals surface area (Å²) < 4.78 is 73.7. The van der Waals surface area contributed by atoms with Crippen LogP contribution in [0.15, 0.2) is 54.2 Å². The highest BCUT2D eigenvalue weighted by molar-refractivity contribution is 7.81. The number of aromatic nitrogens is 2. The van der Waals surface area contributed by atoms with E-state index in [1.165, 1.54) is 37.1 Å². The summed E-state index contributed by atoms with van der Waals surface area (Å²) in [5.41, 5.74) is -0.627. The van der Waals surface area contributed by atoms with Crippen molar-refractivity contribution in [3.8, 4) is 22.4 Å². The third-order valence-electron chi connectivity index (χ3n) is 12.2. The van der Waals surface area contributed by atoms with Crippen LogP contribution < -0.4 is 25.2 Å². The molecule has 4 heterocycles. The van der Waals surface area contributed by atoms with Gasteiger partial charge in [0.25, 0.3) is 5.91 Å². The fourth-order valence-corrected chi connectivity index (χ4v) is 9.90. The smallest absolute Gasteiger partial charge is 0.420 e. The zero-order chi connectivity index (χ0) is 52.5. The molecule has 0 saturated carbocycles. The fraction of sp³-hybridized carbons (Fsp3) is 0.480. The maximum absolute atomic E-state index is 15.4. The van der Waals surface area contributed by atoms with Gasteiger partial charge in [-0.3, -0.25) is 24.1 Å². The van der Waals surface area contributed by atoms with Crippen LogP contribution in [0.3, 0.4) is 0 Å². The molecule has 2 atom stereocenters. The Labute approximate surface area is 430 Å². The third kappa shape index (κ3) is 13.1. The van der Waals surface area contributed by atoms with Crippen LogP contribution in [-0.2, 0) is 41.4 Å². The van der Waals surface area contributed by atoms with E-state index >= 15 is 4.39 Å². The number of nitrogens with one attached hydrogen (secondary N) is 2. The van der Waals surface area contributed by atoms with Crippen LogP contribution >= 0.6 is 35.2 Å². The van der Waals surface area contributed by atoms with Crippen molar-refractivity contribution in [3.63, 3.8) is 0 Å². The molecule has 386 valence electrons. The third-order valence-corrected chi connectivity index (χ3v) is 13.8. The second kappa shape index (κ2) is 23.8. The molecular weight excluding hydrogens is 1000 g/mol. The molecule has 0 bridgehead atoms. The average Bonchev–Trinajstić information content (AvgIpc) is 4.03. The second-order valence-electron chi connectivity index (χ2n) is 18.9. The summed E-state index contributed by atoms with van der Waals surface area (Å²) in [5.74, 6) is -3.50. The number of benzene rings is 2. The van der Waals surface area contributed by atoms with E-state index in [0.717, 1.165) is 46.7 Å². The van der Waals surface area contributed by atoms with E-state index in [1.54, 1.807) is 16.2 Å². The molecule has 22 heteroatoms. The molecule has 2 fully saturated rings. The van der Waals surface area contributed by atoms with Gasteiger partial charge in [0.15, 0.2) is 10.9 Å². The van der Waals surface area contributed by atoms with E-state index in [4.69, 9.17) is 43.3 Å². The monoisotopic (exact) mass is 1060 g/mol. The number of ether oxygens (including phenoxy) is 3. The minimum atomic E-state index is -5.21. The fourth-order valence-electron chi connectivity index (χ4n) is 8.35. The molecule has 72 heavy (non-hydrogen) atoms. The van der Waals surface area contributed by atoms with Crippen molar-refractivity contribution in [3.05, 3.63) is 87.4 Å². The summed E-state index contributed by atoms with van der Waals surface area (Å²) in [6.07, 6.45) is -0.0227. The van der Waals surface area contributed by atoms with Crippen LogP contribution in [0, 0.1) is 29.5 Å². The summed E-state index contributed by atoms with van der Waals surface area (Å²) in [4.78, 5) is 67.1. The number of aryl methyl sites for hydroxylation is 1. The van der Waals surface area contributed by atoms with Gasteiger partial charge in [-0.25, -0.2) is 14.4 Å². The lowest BCUT2D eigenvalue weighted by Crippen LogP contribution is -2.58. The van der Waals surface area contributed by atoms with Crippen LogP contribution in [0.5, 0.6) is 5.88 Å². The van der Waals surface area contributed by atoms with Crippen molar-refractivity contribution in [2.75, 3.05) is 49.4 Å². The number of hydrogen-bond acceptors (Lipinski definition) is 12. The highest BCUT2D eigenvalue weighted by Gasteiger charge is 2.52. The molecule has 2 aromatic heterocycles. The van der Waals surface area contributed by atoms with Gasteiger partial charge in [0, 0.05) is 32.9 Å². The molecule has 2 aliphatic rings. The van der Waals surface area contributed by atoms with E-state index in [9.17, 15) is 32.3 Å². The van der Waals surface area contributed by atoms with Crippen LogP contribution in [0.4, 0.5) is 28.9 Å². The highest BCUT2D eigenvalue weighted by atomic mass is 35.5. The van der Waals surface area contributed by atoms with E-state index in [1.807, 2.05) is 57.5 Å². The van der Waals surface area contributed by atoms with Crippen LogP contribution in [0.2, 0.25) is 5.02 Å². The molecule has 4 aromatic rings. The Bertz CT molecular complexity index is 2670. The lowest BCUT2D eigenvalue weighted by atomic mass is 9.85. The maximum Gasteiger partial charge on any atom is 0.420 e. The van der Waals surface area contributed by atoms with Gasteiger partial charge < -0.3 is 34.6 Å². The first-order chi connectivity index (χ1) is 34.1. The number of rotatable bonds is 21. The number of carbonyl (C=O) groups is 4. The van der Waals surface area contributed by atoms with Crippen molar-refractivity contribution < 1.29 is 51.0 Å². The van der Waals surface area contributed by atoms with Crippen LogP contribution in [0.25, 0.3) is 10.4 Å². The van der Waals surface area contributed by atoms with Crippen molar-refractivity contribution in [2.45, 2.75) is 110 Å². The quantitative estimate of drug-likeness (QED) is 0.0461. The molecule has 6 rings (SSSR count). The molecule has 0 unspecified atom stereocenters. The topological polar surface area (TPSA) is 179 Å². The summed E-state index contributed by atoms with van der Waals surface area (Å²) in [6.45, 7) is 12.4. The van der Waals surface area contributed by atoms with Gasteiger partial charge in [-0.05, 0) is 106 Å². The van der Waals surface area contributed by atoms with Crippen molar-refractivity contribution >= 4 is 75.3 Å². The molecule has 2 saturated heterocycles. The number of halogens is 5. The molecule has 0 radical (unpaired) electrons. The largest absolute Gasteiger partial charge is 0.477 e. The number of hydrogen-bond donors (Lipinski definition) is 2. The first-order valence-electron chi connectivity index (χ1n) is 23.4. The van der Waals surface area contributed by atoms with Crippen molar-refractivity contribution in [1.82, 2.24) is 25.5 Å². The SMILES string of the molecule is Cc1ncsc1-c1ccc(CNC(=O)[C@@H]2CCCN2C(=O)[C@@H](NC(=O)COCCCOCCCCCOc2ncc(N3C(=S)N(c4ccc(C#N)c(C(F)(F)F)c4F)C(=O)C3(C)C)cc2Cl)C(C)(C)C)cc1. The lowest BCUT2D eigenvalue weighted by Gasteiger charge is -2.35. The van der Waals surface area contributed by atoms with E-state index < -0.39 is 63.7 Å². The van der Waals surface area contributed by atoms with Crippen molar-refractivity contribution in [2.24, 2.45) is 5.41 Å². The summed E-state index contributed by atoms with van der Waals surface area (Å²) in [7, 11) is 0. The maximum atomic E-state index is 15.4.